The average Bonchev–Trinajstić information content (AvgIpc) is 2.49. The number of hydrogen-bond donors (Lipinski definition) is 0. The molecular weight excluding hydrogens is 240 g/mol. The van der Waals surface area contributed by atoms with Gasteiger partial charge in [0.25, 0.3) is 5.56 Å². The molecule has 4 nitrogen and oxygen atoms in total. The summed E-state index contributed by atoms with van der Waals surface area (Å²) in [5.41, 5.74) is 1.70. The van der Waals surface area contributed by atoms with E-state index in [1.54, 1.807) is 10.8 Å². The van der Waals surface area contributed by atoms with Crippen LogP contribution < -0.4 is 5.56 Å². The van der Waals surface area contributed by atoms with Crippen molar-refractivity contribution in [2.45, 2.75) is 25.5 Å². The molecule has 4 heteroatoms. The molecule has 1 atom stereocenters. The summed E-state index contributed by atoms with van der Waals surface area (Å²) in [6, 6.07) is 9.86. The Bertz CT molecular complexity index is 601. The maximum Gasteiger partial charge on any atom is 0.271 e. The average molecular weight is 256 g/mol. The van der Waals surface area contributed by atoms with Crippen LogP contribution in [0, 0.1) is 0 Å². The van der Waals surface area contributed by atoms with Crippen molar-refractivity contribution in [1.82, 2.24) is 9.55 Å². The topological polar surface area (TPSA) is 44.1 Å². The first-order valence-electron chi connectivity index (χ1n) is 6.60. The molecule has 1 aromatic carbocycles. The summed E-state index contributed by atoms with van der Waals surface area (Å²) < 4.78 is 7.33. The Morgan fingerprint density at radius 2 is 2.05 bits per heavy atom. The Balaban J connectivity index is 1.98. The Morgan fingerprint density at radius 3 is 2.79 bits per heavy atom. The van der Waals surface area contributed by atoms with Gasteiger partial charge in [0.2, 0.25) is 0 Å². The van der Waals surface area contributed by atoms with E-state index >= 15 is 0 Å². The minimum atomic E-state index is -0.147. The zero-order valence-electron chi connectivity index (χ0n) is 10.7. The molecular formula is C15H16N2O2. The molecule has 2 heterocycles. The van der Waals surface area contributed by atoms with Crippen molar-refractivity contribution >= 4 is 0 Å². The fourth-order valence-corrected chi connectivity index (χ4v) is 2.35. The first-order valence-corrected chi connectivity index (χ1v) is 6.60. The maximum atomic E-state index is 11.9. The van der Waals surface area contributed by atoms with Crippen molar-refractivity contribution in [2.75, 3.05) is 6.61 Å². The van der Waals surface area contributed by atoms with Gasteiger partial charge in [0.05, 0.1) is 11.9 Å². The quantitative estimate of drug-likeness (QED) is 0.829. The van der Waals surface area contributed by atoms with E-state index in [4.69, 9.17) is 4.74 Å². The highest BCUT2D eigenvalue weighted by molar-refractivity contribution is 5.57. The van der Waals surface area contributed by atoms with Gasteiger partial charge in [-0.25, -0.2) is 4.98 Å². The number of hydrogen-bond acceptors (Lipinski definition) is 3. The molecule has 1 unspecified atom stereocenters. The number of rotatable bonds is 2. The van der Waals surface area contributed by atoms with Gasteiger partial charge in [0.15, 0.2) is 0 Å². The Labute approximate surface area is 111 Å². The molecule has 1 aliphatic rings. The molecule has 1 saturated heterocycles. The fraction of sp³-hybridized carbons (Fsp3) is 0.333. The molecule has 0 radical (unpaired) electrons. The van der Waals surface area contributed by atoms with E-state index in [1.807, 2.05) is 30.3 Å². The van der Waals surface area contributed by atoms with Gasteiger partial charge < -0.3 is 4.74 Å². The van der Waals surface area contributed by atoms with Crippen molar-refractivity contribution in [1.29, 1.82) is 0 Å². The largest absolute Gasteiger partial charge is 0.358 e. The van der Waals surface area contributed by atoms with Crippen LogP contribution in [-0.2, 0) is 4.74 Å². The lowest BCUT2D eigenvalue weighted by Gasteiger charge is -2.24. The number of nitrogens with zero attached hydrogens (tertiary/aromatic N) is 2. The zero-order chi connectivity index (χ0) is 13.1. The summed E-state index contributed by atoms with van der Waals surface area (Å²) in [6.07, 6.45) is 6.08. The van der Waals surface area contributed by atoms with Crippen molar-refractivity contribution in [2.24, 2.45) is 0 Å². The van der Waals surface area contributed by atoms with Crippen LogP contribution in [0.25, 0.3) is 11.3 Å². The minimum absolute atomic E-state index is 0.105. The maximum absolute atomic E-state index is 11.9. The second kappa shape index (κ2) is 5.36. The highest BCUT2D eigenvalue weighted by atomic mass is 16.5. The third kappa shape index (κ3) is 2.58. The summed E-state index contributed by atoms with van der Waals surface area (Å²) in [6.45, 7) is 0.722. The van der Waals surface area contributed by atoms with Crippen LogP contribution in [-0.4, -0.2) is 16.2 Å². The van der Waals surface area contributed by atoms with Gasteiger partial charge in [-0.3, -0.25) is 9.36 Å². The van der Waals surface area contributed by atoms with E-state index in [1.165, 1.54) is 6.20 Å². The van der Waals surface area contributed by atoms with Gasteiger partial charge in [-0.05, 0) is 19.3 Å². The lowest BCUT2D eigenvalue weighted by Crippen LogP contribution is -2.28. The van der Waals surface area contributed by atoms with E-state index in [0.717, 1.165) is 37.1 Å². The highest BCUT2D eigenvalue weighted by Gasteiger charge is 2.17. The first-order chi connectivity index (χ1) is 9.34. The monoisotopic (exact) mass is 256 g/mol. The lowest BCUT2D eigenvalue weighted by molar-refractivity contribution is -0.0341. The van der Waals surface area contributed by atoms with E-state index in [0.29, 0.717) is 0 Å². The predicted octanol–water partition coefficient (Wildman–Crippen LogP) is 2.61. The second-order valence-corrected chi connectivity index (χ2v) is 4.71. The smallest absolute Gasteiger partial charge is 0.271 e. The van der Waals surface area contributed by atoms with Crippen LogP contribution in [0.4, 0.5) is 0 Å². The molecule has 0 spiro atoms. The van der Waals surface area contributed by atoms with Gasteiger partial charge in [0.1, 0.15) is 6.23 Å². The van der Waals surface area contributed by atoms with E-state index in [2.05, 4.69) is 4.98 Å². The van der Waals surface area contributed by atoms with Gasteiger partial charge >= 0.3 is 0 Å². The van der Waals surface area contributed by atoms with Crippen molar-refractivity contribution in [3.05, 3.63) is 53.1 Å². The van der Waals surface area contributed by atoms with Crippen LogP contribution in [0.15, 0.2) is 47.5 Å². The zero-order valence-corrected chi connectivity index (χ0v) is 10.7. The molecule has 1 aliphatic heterocycles. The Morgan fingerprint density at radius 1 is 1.21 bits per heavy atom. The summed E-state index contributed by atoms with van der Waals surface area (Å²) in [5, 5.41) is 0. The third-order valence-electron chi connectivity index (χ3n) is 3.37. The molecule has 19 heavy (non-hydrogen) atoms. The van der Waals surface area contributed by atoms with Gasteiger partial charge in [-0.2, -0.15) is 0 Å². The number of aromatic nitrogens is 2. The standard InChI is InChI=1S/C15H16N2O2/c18-14-10-16-13(12-6-2-1-3-7-12)11-17(14)15-8-4-5-9-19-15/h1-3,6-7,10-11,15H,4-5,8-9H2. The summed E-state index contributed by atoms with van der Waals surface area (Å²) in [4.78, 5) is 16.1. The van der Waals surface area contributed by atoms with Crippen molar-refractivity contribution in [3.8, 4) is 11.3 Å². The highest BCUT2D eigenvalue weighted by Crippen LogP contribution is 2.22. The van der Waals surface area contributed by atoms with Gasteiger partial charge in [0, 0.05) is 18.4 Å². The van der Waals surface area contributed by atoms with E-state index in [-0.39, 0.29) is 11.8 Å². The van der Waals surface area contributed by atoms with E-state index < -0.39 is 0 Å². The molecule has 0 N–H and O–H groups in total. The summed E-state index contributed by atoms with van der Waals surface area (Å²) in [5.74, 6) is 0. The molecule has 1 fully saturated rings. The van der Waals surface area contributed by atoms with Crippen molar-refractivity contribution < 1.29 is 4.74 Å². The van der Waals surface area contributed by atoms with Gasteiger partial charge in [-0.15, -0.1) is 0 Å². The SMILES string of the molecule is O=c1cnc(-c2ccccc2)cn1C1CCCCO1. The van der Waals surface area contributed by atoms with E-state index in [9.17, 15) is 4.79 Å². The molecule has 0 aliphatic carbocycles. The number of benzene rings is 1. The predicted molar refractivity (Wildman–Crippen MR) is 72.8 cm³/mol. The van der Waals surface area contributed by atoms with Crippen molar-refractivity contribution in [3.63, 3.8) is 0 Å². The van der Waals surface area contributed by atoms with Crippen LogP contribution in [0.3, 0.4) is 0 Å². The summed E-state index contributed by atoms with van der Waals surface area (Å²) >= 11 is 0. The lowest BCUT2D eigenvalue weighted by atomic mass is 10.1. The molecule has 0 amide bonds. The molecule has 2 aromatic rings. The molecule has 0 bridgehead atoms. The third-order valence-corrected chi connectivity index (χ3v) is 3.37. The molecule has 1 aromatic heterocycles. The molecule has 98 valence electrons. The minimum Gasteiger partial charge on any atom is -0.358 e. The Kier molecular flexibility index (Phi) is 3.42. The normalized spacial score (nSPS) is 19.3. The molecule has 3 rings (SSSR count). The number of ether oxygens (including phenoxy) is 1. The van der Waals surface area contributed by atoms with Crippen LogP contribution in [0.1, 0.15) is 25.5 Å². The van der Waals surface area contributed by atoms with Crippen LogP contribution in [0.2, 0.25) is 0 Å². The fourth-order valence-electron chi connectivity index (χ4n) is 2.35. The van der Waals surface area contributed by atoms with Gasteiger partial charge in [-0.1, -0.05) is 30.3 Å². The first kappa shape index (κ1) is 12.1. The van der Waals surface area contributed by atoms with Crippen LogP contribution in [0.5, 0.6) is 0 Å². The second-order valence-electron chi connectivity index (χ2n) is 4.71. The Hall–Kier alpha value is -1.94. The molecule has 0 saturated carbocycles. The summed E-state index contributed by atoms with van der Waals surface area (Å²) in [7, 11) is 0. The van der Waals surface area contributed by atoms with Crippen LogP contribution >= 0.6 is 0 Å².